The summed E-state index contributed by atoms with van der Waals surface area (Å²) in [6, 6.07) is 7.62. The van der Waals surface area contributed by atoms with Crippen LogP contribution in [0.25, 0.3) is 0 Å². The summed E-state index contributed by atoms with van der Waals surface area (Å²) in [5.41, 5.74) is 12.7. The highest BCUT2D eigenvalue weighted by Gasteiger charge is 2.29. The first-order valence-electron chi connectivity index (χ1n) is 8.18. The fourth-order valence-electron chi connectivity index (χ4n) is 2.16. The van der Waals surface area contributed by atoms with E-state index in [4.69, 9.17) is 11.5 Å². The average molecular weight is 368 g/mol. The monoisotopic (exact) mass is 368 g/mol. The van der Waals surface area contributed by atoms with E-state index in [0.29, 0.717) is 16.5 Å². The molecule has 134 valence electrons. The van der Waals surface area contributed by atoms with E-state index in [-0.39, 0.29) is 17.7 Å². The largest absolute Gasteiger partial charge is 0.402 e. The van der Waals surface area contributed by atoms with Crippen LogP contribution in [0.2, 0.25) is 0 Å². The number of hydrogen-bond acceptors (Lipinski definition) is 6. The van der Waals surface area contributed by atoms with Crippen molar-refractivity contribution in [2.45, 2.75) is 29.7 Å². The van der Waals surface area contributed by atoms with E-state index in [1.54, 1.807) is 19.2 Å². The van der Waals surface area contributed by atoms with Gasteiger partial charge in [0.15, 0.2) is 5.82 Å². The van der Waals surface area contributed by atoms with E-state index in [9.17, 15) is 4.79 Å². The Kier molecular flexibility index (Phi) is 5.52. The van der Waals surface area contributed by atoms with E-state index in [0.717, 1.165) is 23.4 Å². The minimum atomic E-state index is 0.0983. The van der Waals surface area contributed by atoms with Crippen LogP contribution in [0.1, 0.15) is 19.8 Å². The predicted molar refractivity (Wildman–Crippen MR) is 103 cm³/mol. The summed E-state index contributed by atoms with van der Waals surface area (Å²) in [6.45, 7) is 1.73. The summed E-state index contributed by atoms with van der Waals surface area (Å²) >= 11 is 1.45. The lowest BCUT2D eigenvalue weighted by molar-refractivity contribution is -0.117. The molecule has 1 amide bonds. The number of nitrogens with one attached hydrogen (secondary N) is 1. The van der Waals surface area contributed by atoms with Gasteiger partial charge in [0.1, 0.15) is 10.9 Å². The van der Waals surface area contributed by atoms with Gasteiger partial charge in [-0.05, 0) is 50.1 Å². The highest BCUT2D eigenvalue weighted by molar-refractivity contribution is 7.99. The zero-order valence-corrected chi connectivity index (χ0v) is 15.2. The predicted octanol–water partition coefficient (Wildman–Crippen LogP) is 2.83. The van der Waals surface area contributed by atoms with E-state index < -0.39 is 0 Å². The molecule has 0 aliphatic heterocycles. The Hall–Kier alpha value is -2.87. The molecule has 8 heteroatoms. The van der Waals surface area contributed by atoms with Crippen LogP contribution < -0.4 is 16.8 Å². The Morgan fingerprint density at radius 2 is 2.00 bits per heavy atom. The Morgan fingerprint density at radius 1 is 1.27 bits per heavy atom. The van der Waals surface area contributed by atoms with Gasteiger partial charge >= 0.3 is 0 Å². The number of hydrogen-bond donors (Lipinski definition) is 3. The van der Waals surface area contributed by atoms with Crippen molar-refractivity contribution in [3.05, 3.63) is 48.4 Å². The number of amidine groups is 1. The number of allylic oxidation sites excluding steroid dienone is 1. The molecule has 7 nitrogen and oxygen atoms in total. The van der Waals surface area contributed by atoms with Crippen molar-refractivity contribution in [1.29, 1.82) is 0 Å². The van der Waals surface area contributed by atoms with Crippen LogP contribution in [-0.2, 0) is 4.79 Å². The molecule has 1 heterocycles. The normalized spacial score (nSPS) is 15.0. The maximum Gasteiger partial charge on any atom is 0.227 e. The number of nitrogens with two attached hydrogens (primary N) is 2. The van der Waals surface area contributed by atoms with E-state index in [1.165, 1.54) is 18.0 Å². The number of anilines is 1. The number of rotatable bonds is 6. The number of aromatic nitrogens is 2. The first-order chi connectivity index (χ1) is 12.5. The fraction of sp³-hybridized carbons (Fsp3) is 0.222. The van der Waals surface area contributed by atoms with Crippen LogP contribution in [0.4, 0.5) is 11.5 Å². The van der Waals surface area contributed by atoms with Crippen molar-refractivity contribution < 1.29 is 4.79 Å². The Labute approximate surface area is 156 Å². The van der Waals surface area contributed by atoms with Gasteiger partial charge in [-0.2, -0.15) is 0 Å². The molecular weight excluding hydrogens is 348 g/mol. The van der Waals surface area contributed by atoms with Gasteiger partial charge < -0.3 is 16.8 Å². The molecule has 1 aromatic heterocycles. The number of nitrogens with zero attached hydrogens (tertiary/aromatic N) is 3. The molecule has 0 atom stereocenters. The third-order valence-corrected chi connectivity index (χ3v) is 4.43. The minimum Gasteiger partial charge on any atom is -0.402 e. The minimum absolute atomic E-state index is 0.0983. The molecule has 26 heavy (non-hydrogen) atoms. The lowest BCUT2D eigenvalue weighted by Crippen LogP contribution is -2.12. The molecule has 1 aliphatic carbocycles. The van der Waals surface area contributed by atoms with Gasteiger partial charge in [0, 0.05) is 22.2 Å². The van der Waals surface area contributed by atoms with Crippen LogP contribution >= 0.6 is 11.8 Å². The van der Waals surface area contributed by atoms with Crippen molar-refractivity contribution in [3.8, 4) is 0 Å². The topological polar surface area (TPSA) is 119 Å². The maximum absolute atomic E-state index is 11.8. The van der Waals surface area contributed by atoms with Crippen molar-refractivity contribution in [2.24, 2.45) is 22.4 Å². The van der Waals surface area contributed by atoms with Gasteiger partial charge in [0.25, 0.3) is 0 Å². The highest BCUT2D eigenvalue weighted by atomic mass is 32.2. The molecule has 0 saturated heterocycles. The number of aliphatic imine (C=N–C) groups is 1. The molecule has 0 spiro atoms. The van der Waals surface area contributed by atoms with Gasteiger partial charge in [0.05, 0.1) is 12.4 Å². The van der Waals surface area contributed by atoms with Crippen LogP contribution in [0.5, 0.6) is 0 Å². The third kappa shape index (κ3) is 5.32. The van der Waals surface area contributed by atoms with Crippen molar-refractivity contribution in [3.63, 3.8) is 0 Å². The summed E-state index contributed by atoms with van der Waals surface area (Å²) < 4.78 is 0. The lowest BCUT2D eigenvalue weighted by Gasteiger charge is -2.06. The molecule has 1 fully saturated rings. The van der Waals surface area contributed by atoms with E-state index in [1.807, 2.05) is 24.3 Å². The molecule has 5 N–H and O–H groups in total. The zero-order valence-electron chi connectivity index (χ0n) is 14.3. The number of amides is 1. The number of carbonyl (C=O) groups excluding carboxylic acids is 1. The number of carbonyl (C=O) groups is 1. The molecule has 3 rings (SSSR count). The van der Waals surface area contributed by atoms with Crippen molar-refractivity contribution in [1.82, 2.24) is 9.97 Å². The second-order valence-corrected chi connectivity index (χ2v) is 7.12. The first-order valence-corrected chi connectivity index (χ1v) is 9.00. The summed E-state index contributed by atoms with van der Waals surface area (Å²) in [7, 11) is 0. The summed E-state index contributed by atoms with van der Waals surface area (Å²) in [5.74, 6) is 0.977. The molecule has 0 radical (unpaired) electrons. The van der Waals surface area contributed by atoms with Crippen molar-refractivity contribution in [2.75, 3.05) is 5.32 Å². The molecule has 2 aromatic rings. The summed E-state index contributed by atoms with van der Waals surface area (Å²) in [5, 5.41) is 3.61. The van der Waals surface area contributed by atoms with Gasteiger partial charge in [0.2, 0.25) is 5.91 Å². The molecule has 1 aromatic carbocycles. The zero-order chi connectivity index (χ0) is 18.5. The quantitative estimate of drug-likeness (QED) is 0.533. The lowest BCUT2D eigenvalue weighted by atomic mass is 10.3. The third-order valence-electron chi connectivity index (χ3n) is 3.51. The van der Waals surface area contributed by atoms with Crippen LogP contribution in [0.15, 0.2) is 63.3 Å². The smallest absolute Gasteiger partial charge is 0.227 e. The summed E-state index contributed by atoms with van der Waals surface area (Å²) in [6.07, 6.45) is 6.74. The van der Waals surface area contributed by atoms with Gasteiger partial charge in [-0.25, -0.2) is 9.98 Å². The summed E-state index contributed by atoms with van der Waals surface area (Å²) in [4.78, 5) is 25.5. The Morgan fingerprint density at radius 3 is 2.65 bits per heavy atom. The van der Waals surface area contributed by atoms with Crippen LogP contribution in [0, 0.1) is 5.92 Å². The van der Waals surface area contributed by atoms with Crippen molar-refractivity contribution >= 4 is 35.0 Å². The second-order valence-electron chi connectivity index (χ2n) is 6.03. The molecule has 1 saturated carbocycles. The Balaban J connectivity index is 1.66. The number of benzene rings is 1. The SMILES string of the molecule is CC(N)=CC(N)=Nc1cncc(Sc2ccc(NC(=O)C3CC3)cc2)n1. The van der Waals surface area contributed by atoms with Gasteiger partial charge in [-0.3, -0.25) is 9.78 Å². The fourth-order valence-corrected chi connectivity index (χ4v) is 2.92. The Bertz CT molecular complexity index is 854. The van der Waals surface area contributed by atoms with E-state index >= 15 is 0 Å². The van der Waals surface area contributed by atoms with Crippen LogP contribution in [-0.4, -0.2) is 21.7 Å². The van der Waals surface area contributed by atoms with E-state index in [2.05, 4.69) is 20.3 Å². The second kappa shape index (κ2) is 8.01. The van der Waals surface area contributed by atoms with Gasteiger partial charge in [-0.15, -0.1) is 0 Å². The molecular formula is C18H20N6OS. The van der Waals surface area contributed by atoms with Crippen LogP contribution in [0.3, 0.4) is 0 Å². The standard InChI is InChI=1S/C18H20N6OS/c1-11(19)8-15(20)23-16-9-21-10-17(24-16)26-14-6-4-13(5-7-14)22-18(25)12-2-3-12/h4-10,12H,2-3,19H2,1H3,(H,22,25)(H2,20,23,24). The highest BCUT2D eigenvalue weighted by Crippen LogP contribution is 2.31. The molecule has 0 unspecified atom stereocenters. The molecule has 1 aliphatic rings. The van der Waals surface area contributed by atoms with Gasteiger partial charge in [-0.1, -0.05) is 11.8 Å². The molecule has 0 bridgehead atoms. The first kappa shape index (κ1) is 17.9. The maximum atomic E-state index is 11.8. The average Bonchev–Trinajstić information content (AvgIpc) is 3.41.